The minimum absolute atomic E-state index is 0.0406. The lowest BCUT2D eigenvalue weighted by molar-refractivity contribution is -0.169. The smallest absolute Gasteiger partial charge is 0.431 e. The Bertz CT molecular complexity index is 1070. The molecular weight excluding hydrogens is 502 g/mol. The minimum Gasteiger partial charge on any atom is -0.431 e. The lowest BCUT2D eigenvalue weighted by Crippen LogP contribution is -2.71. The maximum Gasteiger partial charge on any atom is 0.511 e. The maximum absolute atomic E-state index is 12.9. The van der Waals surface area contributed by atoms with E-state index in [1.807, 2.05) is 0 Å². The first-order valence-corrected chi connectivity index (χ1v) is 12.3. The van der Waals surface area contributed by atoms with Gasteiger partial charge in [0.2, 0.25) is 6.29 Å². The number of nitrogen functional groups attached to an aromatic ring is 1. The molecule has 1 aromatic heterocycles. The number of nitrogens with one attached hydrogen (secondary N) is 2. The molecule has 3 atom stereocenters. The Balaban J connectivity index is 1.70. The van der Waals surface area contributed by atoms with Crippen LogP contribution < -0.4 is 11.1 Å². The number of anilines is 1. The molecule has 2 aliphatic rings. The number of nitrogens with zero attached hydrogens (tertiary/aromatic N) is 2. The van der Waals surface area contributed by atoms with Crippen molar-refractivity contribution in [2.24, 2.45) is 0 Å². The molecule has 13 nitrogen and oxygen atoms in total. The first-order valence-electron chi connectivity index (χ1n) is 10.4. The van der Waals surface area contributed by atoms with Gasteiger partial charge in [-0.3, -0.25) is 19.9 Å². The summed E-state index contributed by atoms with van der Waals surface area (Å²) in [5.74, 6) is -1.93. The number of thioether (sulfide) groups is 1. The zero-order valence-corrected chi connectivity index (χ0v) is 21.0. The van der Waals surface area contributed by atoms with Gasteiger partial charge in [0.25, 0.3) is 11.8 Å². The van der Waals surface area contributed by atoms with Crippen molar-refractivity contribution in [3.63, 3.8) is 0 Å². The molecule has 0 spiro atoms. The number of thiazole rings is 1. The number of aromatic nitrogens is 1. The van der Waals surface area contributed by atoms with Crippen molar-refractivity contribution in [2.75, 3.05) is 25.2 Å². The second-order valence-electron chi connectivity index (χ2n) is 7.70. The van der Waals surface area contributed by atoms with Crippen molar-refractivity contribution < 1.29 is 38.1 Å². The van der Waals surface area contributed by atoms with Gasteiger partial charge in [-0.1, -0.05) is 0 Å². The van der Waals surface area contributed by atoms with Crippen LogP contribution >= 0.6 is 23.1 Å². The molecule has 190 valence electrons. The van der Waals surface area contributed by atoms with Crippen LogP contribution in [0.3, 0.4) is 0 Å². The Hall–Kier alpha value is -3.17. The number of nitrogens with two attached hydrogens (primary N) is 1. The van der Waals surface area contributed by atoms with E-state index in [1.54, 1.807) is 13.8 Å². The Morgan fingerprint density at radius 1 is 1.29 bits per heavy atom. The van der Waals surface area contributed by atoms with Gasteiger partial charge in [-0.2, -0.15) is 0 Å². The summed E-state index contributed by atoms with van der Waals surface area (Å²) in [4.78, 5) is 55.2. The molecular formula is C20H25N5O8S2. The van der Waals surface area contributed by atoms with Crippen LogP contribution in [0.4, 0.5) is 9.93 Å². The third kappa shape index (κ3) is 5.91. The van der Waals surface area contributed by atoms with Crippen LogP contribution in [-0.4, -0.2) is 82.8 Å². The normalized spacial score (nSPS) is 20.0. The van der Waals surface area contributed by atoms with E-state index in [1.165, 1.54) is 36.1 Å². The van der Waals surface area contributed by atoms with Gasteiger partial charge in [0, 0.05) is 25.2 Å². The number of methoxy groups -OCH3 is 1. The fraction of sp³-hybridized carbons (Fsp3) is 0.500. The van der Waals surface area contributed by atoms with Gasteiger partial charge in [0.1, 0.15) is 28.5 Å². The first kappa shape index (κ1) is 26.4. The van der Waals surface area contributed by atoms with Crippen molar-refractivity contribution in [1.29, 1.82) is 5.41 Å². The third-order valence-electron chi connectivity index (χ3n) is 4.72. The number of rotatable bonds is 9. The van der Waals surface area contributed by atoms with Gasteiger partial charge < -0.3 is 30.0 Å². The summed E-state index contributed by atoms with van der Waals surface area (Å²) < 4.78 is 20.1. The van der Waals surface area contributed by atoms with E-state index in [0.29, 0.717) is 11.3 Å². The highest BCUT2D eigenvalue weighted by molar-refractivity contribution is 8.00. The van der Waals surface area contributed by atoms with Crippen molar-refractivity contribution in [2.45, 2.75) is 44.6 Å². The molecule has 1 aromatic rings. The molecule has 0 aromatic carbocycles. The summed E-state index contributed by atoms with van der Waals surface area (Å²) in [7, 11) is 1.44. The lowest BCUT2D eigenvalue weighted by atomic mass is 10.0. The molecule has 1 saturated heterocycles. The number of hydrogen-bond acceptors (Lipinski definition) is 13. The summed E-state index contributed by atoms with van der Waals surface area (Å²) in [5, 5.41) is 11.6. The van der Waals surface area contributed by atoms with Crippen LogP contribution in [0.15, 0.2) is 16.7 Å². The monoisotopic (exact) mass is 527 g/mol. The second kappa shape index (κ2) is 11.0. The quantitative estimate of drug-likeness (QED) is 0.179. The molecule has 0 saturated carbocycles. The third-order valence-corrected chi connectivity index (χ3v) is 6.73. The number of ether oxygens (including phenoxy) is 4. The average Bonchev–Trinajstić information content (AvgIpc) is 3.21. The number of carbonyl (C=O) groups is 4. The largest absolute Gasteiger partial charge is 0.511 e. The van der Waals surface area contributed by atoms with E-state index in [4.69, 9.17) is 30.1 Å². The molecule has 3 rings (SSSR count). The van der Waals surface area contributed by atoms with Crippen LogP contribution in [0.1, 0.15) is 26.5 Å². The van der Waals surface area contributed by atoms with Crippen LogP contribution in [0.2, 0.25) is 0 Å². The van der Waals surface area contributed by atoms with Crippen LogP contribution in [0, 0.1) is 5.41 Å². The number of fused-ring (bicyclic) bond motifs is 1. The van der Waals surface area contributed by atoms with Gasteiger partial charge in [0.15, 0.2) is 5.13 Å². The summed E-state index contributed by atoms with van der Waals surface area (Å²) >= 11 is 2.40. The Morgan fingerprint density at radius 2 is 2.00 bits per heavy atom. The van der Waals surface area contributed by atoms with Gasteiger partial charge in [-0.15, -0.1) is 23.1 Å². The van der Waals surface area contributed by atoms with Gasteiger partial charge in [0.05, 0.1) is 12.7 Å². The minimum atomic E-state index is -1.28. The number of hydrogen-bond donors (Lipinski definition) is 3. The Morgan fingerprint density at radius 3 is 2.60 bits per heavy atom. The Labute approximate surface area is 208 Å². The molecule has 4 N–H and O–H groups in total. The maximum atomic E-state index is 12.9. The summed E-state index contributed by atoms with van der Waals surface area (Å²) in [6.45, 7) is 4.67. The van der Waals surface area contributed by atoms with Gasteiger partial charge in [-0.25, -0.2) is 14.6 Å². The lowest BCUT2D eigenvalue weighted by Gasteiger charge is -2.49. The van der Waals surface area contributed by atoms with E-state index in [9.17, 15) is 19.2 Å². The zero-order valence-electron chi connectivity index (χ0n) is 19.4. The zero-order chi connectivity index (χ0) is 25.9. The van der Waals surface area contributed by atoms with E-state index < -0.39 is 53.5 Å². The van der Waals surface area contributed by atoms with E-state index >= 15 is 0 Å². The molecule has 3 heterocycles. The van der Waals surface area contributed by atoms with Crippen molar-refractivity contribution in [3.8, 4) is 0 Å². The summed E-state index contributed by atoms with van der Waals surface area (Å²) in [5.41, 5.74) is 5.68. The molecule has 15 heteroatoms. The molecule has 0 bridgehead atoms. The molecule has 1 fully saturated rings. The SMILES string of the molecule is COCC1=C(C(=O)OC(C)OC(=O)OC(C)C)N2C(=O)C(NC(=O)C(=N)c3csc(N)n3)C2SC1. The first-order chi connectivity index (χ1) is 16.5. The van der Waals surface area contributed by atoms with Gasteiger partial charge >= 0.3 is 12.1 Å². The summed E-state index contributed by atoms with van der Waals surface area (Å²) in [6.07, 6.45) is -2.70. The second-order valence-corrected chi connectivity index (χ2v) is 9.69. The van der Waals surface area contributed by atoms with E-state index in [-0.39, 0.29) is 23.1 Å². The highest BCUT2D eigenvalue weighted by atomic mass is 32.2. The molecule has 2 amide bonds. The number of carbonyl (C=O) groups excluding carboxylic acids is 4. The average molecular weight is 528 g/mol. The van der Waals surface area contributed by atoms with Crippen LogP contribution in [-0.2, 0) is 33.3 Å². The standard InChI is InChI=1S/C20H25N5O8S2/c1-8(2)31-20(29)33-9(3)32-18(28)14-10(5-30-4)6-34-17-13(16(27)25(14)17)24-15(26)12(21)11-7-35-19(22)23-11/h7-9,13,17,21H,5-6H2,1-4H3,(H2,22,23)(H,24,26). The molecule has 2 aliphatic heterocycles. The molecule has 0 radical (unpaired) electrons. The summed E-state index contributed by atoms with van der Waals surface area (Å²) in [6, 6.07) is -0.967. The fourth-order valence-corrected chi connectivity index (χ4v) is 5.16. The van der Waals surface area contributed by atoms with E-state index in [0.717, 1.165) is 11.3 Å². The molecule has 35 heavy (non-hydrogen) atoms. The highest BCUT2D eigenvalue weighted by Crippen LogP contribution is 2.40. The number of esters is 1. The van der Waals surface area contributed by atoms with Crippen molar-refractivity contribution in [3.05, 3.63) is 22.3 Å². The predicted octanol–water partition coefficient (Wildman–Crippen LogP) is 0.844. The molecule has 3 unspecified atom stereocenters. The number of amides is 2. The van der Waals surface area contributed by atoms with Crippen LogP contribution in [0.5, 0.6) is 0 Å². The van der Waals surface area contributed by atoms with Crippen molar-refractivity contribution >= 4 is 57.9 Å². The predicted molar refractivity (Wildman–Crippen MR) is 126 cm³/mol. The fourth-order valence-electron chi connectivity index (χ4n) is 3.28. The van der Waals surface area contributed by atoms with Crippen molar-refractivity contribution in [1.82, 2.24) is 15.2 Å². The number of β-lactam (4-membered cyclic amide) rings is 1. The van der Waals surface area contributed by atoms with Crippen LogP contribution in [0.25, 0.3) is 0 Å². The Kier molecular flexibility index (Phi) is 8.34. The van der Waals surface area contributed by atoms with Gasteiger partial charge in [-0.05, 0) is 19.4 Å². The topological polar surface area (TPSA) is 183 Å². The highest BCUT2D eigenvalue weighted by Gasteiger charge is 2.54. The van der Waals surface area contributed by atoms with E-state index in [2.05, 4.69) is 10.3 Å². The molecule has 0 aliphatic carbocycles.